The molecule has 0 aliphatic rings. The Balaban J connectivity index is 1.93. The number of hydroxylamine groups is 1. The van der Waals surface area contributed by atoms with E-state index in [0.29, 0.717) is 35.1 Å². The van der Waals surface area contributed by atoms with E-state index in [1.54, 1.807) is 42.9 Å². The average molecular weight is 361 g/mol. The lowest BCUT2D eigenvalue weighted by molar-refractivity contribution is -0.132. The van der Waals surface area contributed by atoms with Gasteiger partial charge in [0.25, 0.3) is 0 Å². The van der Waals surface area contributed by atoms with Crippen molar-refractivity contribution in [2.24, 2.45) is 5.92 Å². The number of fused-ring (bicyclic) bond motifs is 1. The molecule has 0 unspecified atom stereocenters. The Kier molecular flexibility index (Phi) is 5.16. The number of amides is 1. The summed E-state index contributed by atoms with van der Waals surface area (Å²) in [6, 6.07) is 8.98. The largest absolute Gasteiger partial charge is 0.467 e. The van der Waals surface area contributed by atoms with Gasteiger partial charge in [-0.2, -0.15) is 0 Å². The Morgan fingerprint density at radius 2 is 2.20 bits per heavy atom. The minimum absolute atomic E-state index is 0.335. The number of halogens is 1. The van der Waals surface area contributed by atoms with Gasteiger partial charge in [-0.1, -0.05) is 18.5 Å². The molecule has 3 aromatic rings. The third kappa shape index (κ3) is 4.07. The fourth-order valence-electron chi connectivity index (χ4n) is 2.47. The van der Waals surface area contributed by atoms with Gasteiger partial charge in [0.15, 0.2) is 0 Å². The Labute approximate surface area is 149 Å². The molecule has 7 nitrogen and oxygen atoms in total. The van der Waals surface area contributed by atoms with E-state index in [0.717, 1.165) is 11.1 Å². The van der Waals surface area contributed by atoms with E-state index in [9.17, 15) is 4.79 Å². The third-order valence-corrected chi connectivity index (χ3v) is 4.03. The second-order valence-corrected chi connectivity index (χ2v) is 6.11. The second-order valence-electron chi connectivity index (χ2n) is 5.67. The van der Waals surface area contributed by atoms with E-state index in [4.69, 9.17) is 21.2 Å². The summed E-state index contributed by atoms with van der Waals surface area (Å²) in [6.07, 6.45) is 1.93. The fraction of sp³-hybridized carbons (Fsp3) is 0.235. The molecule has 1 amide bonds. The van der Waals surface area contributed by atoms with Crippen LogP contribution in [0.2, 0.25) is 5.02 Å². The van der Waals surface area contributed by atoms with Gasteiger partial charge in [-0.15, -0.1) is 0 Å². The van der Waals surface area contributed by atoms with Crippen LogP contribution in [0.1, 0.15) is 18.4 Å². The van der Waals surface area contributed by atoms with Crippen LogP contribution in [0.25, 0.3) is 10.9 Å². The summed E-state index contributed by atoms with van der Waals surface area (Å²) >= 11 is 6.08. The van der Waals surface area contributed by atoms with E-state index >= 15 is 0 Å². The standard InChI is InChI=1S/C17H17ClN4O3/c1-10(16(23)22-24)7-15-13-8-11(18)4-5-14(13)20-17(21-15)19-9-12-3-2-6-25-12/h2-6,8,10,24H,7,9H2,1H3,(H,22,23)(H,19,20,21)/t10-/m1/s1. The molecule has 2 aromatic heterocycles. The van der Waals surface area contributed by atoms with Crippen LogP contribution >= 0.6 is 11.6 Å². The minimum Gasteiger partial charge on any atom is -0.467 e. The average Bonchev–Trinajstić information content (AvgIpc) is 3.13. The Hall–Kier alpha value is -2.64. The number of benzene rings is 1. The topological polar surface area (TPSA) is 100 Å². The number of hydrogen-bond donors (Lipinski definition) is 3. The van der Waals surface area contributed by atoms with Crippen LogP contribution in [0.5, 0.6) is 0 Å². The molecule has 130 valence electrons. The molecule has 0 radical (unpaired) electrons. The first-order valence-corrected chi connectivity index (χ1v) is 8.11. The molecule has 0 aliphatic carbocycles. The van der Waals surface area contributed by atoms with Crippen LogP contribution < -0.4 is 10.8 Å². The highest BCUT2D eigenvalue weighted by Crippen LogP contribution is 2.24. The zero-order chi connectivity index (χ0) is 17.8. The maximum atomic E-state index is 11.6. The molecule has 0 saturated carbocycles. The van der Waals surface area contributed by atoms with Gasteiger partial charge in [-0.3, -0.25) is 10.0 Å². The highest BCUT2D eigenvalue weighted by atomic mass is 35.5. The predicted molar refractivity (Wildman–Crippen MR) is 93.4 cm³/mol. The Bertz CT molecular complexity index is 883. The molecule has 0 aliphatic heterocycles. The van der Waals surface area contributed by atoms with Crippen molar-refractivity contribution in [1.29, 1.82) is 0 Å². The van der Waals surface area contributed by atoms with Gasteiger partial charge in [-0.25, -0.2) is 15.4 Å². The van der Waals surface area contributed by atoms with Gasteiger partial charge >= 0.3 is 0 Å². The molecule has 1 aromatic carbocycles. The van der Waals surface area contributed by atoms with Crippen LogP contribution in [0, 0.1) is 5.92 Å². The second kappa shape index (κ2) is 7.50. The maximum Gasteiger partial charge on any atom is 0.246 e. The van der Waals surface area contributed by atoms with Crippen LogP contribution in [0.3, 0.4) is 0 Å². The highest BCUT2D eigenvalue weighted by molar-refractivity contribution is 6.31. The first kappa shape index (κ1) is 17.2. The van der Waals surface area contributed by atoms with Gasteiger partial charge in [0.2, 0.25) is 11.9 Å². The van der Waals surface area contributed by atoms with Crippen molar-refractivity contribution in [2.45, 2.75) is 19.9 Å². The fourth-order valence-corrected chi connectivity index (χ4v) is 2.64. The number of nitrogens with one attached hydrogen (secondary N) is 2. The molecule has 3 rings (SSSR count). The number of rotatable bonds is 6. The van der Waals surface area contributed by atoms with Gasteiger partial charge in [0.1, 0.15) is 5.76 Å². The van der Waals surface area contributed by atoms with E-state index in [1.807, 2.05) is 6.07 Å². The Morgan fingerprint density at radius 3 is 2.92 bits per heavy atom. The summed E-state index contributed by atoms with van der Waals surface area (Å²) in [7, 11) is 0. The molecule has 3 N–H and O–H groups in total. The van der Waals surface area contributed by atoms with Crippen molar-refractivity contribution >= 4 is 34.4 Å². The summed E-state index contributed by atoms with van der Waals surface area (Å²) in [6.45, 7) is 2.15. The van der Waals surface area contributed by atoms with Crippen molar-refractivity contribution in [3.05, 3.63) is 53.1 Å². The number of aromatic nitrogens is 2. The molecule has 0 spiro atoms. The van der Waals surface area contributed by atoms with Crippen LogP contribution in [0.4, 0.5) is 5.95 Å². The van der Waals surface area contributed by atoms with Crippen molar-refractivity contribution < 1.29 is 14.4 Å². The van der Waals surface area contributed by atoms with Crippen molar-refractivity contribution in [1.82, 2.24) is 15.4 Å². The summed E-state index contributed by atoms with van der Waals surface area (Å²) in [4.78, 5) is 20.6. The molecule has 0 fully saturated rings. The minimum atomic E-state index is -0.473. The van der Waals surface area contributed by atoms with E-state index in [2.05, 4.69) is 15.3 Å². The van der Waals surface area contributed by atoms with E-state index in [-0.39, 0.29) is 0 Å². The lowest BCUT2D eigenvalue weighted by atomic mass is 10.0. The molecule has 0 bridgehead atoms. The van der Waals surface area contributed by atoms with Gasteiger partial charge in [-0.05, 0) is 30.3 Å². The quantitative estimate of drug-likeness (QED) is 0.461. The van der Waals surface area contributed by atoms with Crippen molar-refractivity contribution in [2.75, 3.05) is 5.32 Å². The normalized spacial score (nSPS) is 12.1. The maximum absolute atomic E-state index is 11.6. The number of nitrogens with zero attached hydrogens (tertiary/aromatic N) is 2. The van der Waals surface area contributed by atoms with Crippen LogP contribution in [-0.4, -0.2) is 21.1 Å². The molecule has 8 heteroatoms. The molecule has 2 heterocycles. The Morgan fingerprint density at radius 1 is 1.36 bits per heavy atom. The summed E-state index contributed by atoms with van der Waals surface area (Å²) in [5.74, 6) is 0.256. The van der Waals surface area contributed by atoms with E-state index < -0.39 is 11.8 Å². The summed E-state index contributed by atoms with van der Waals surface area (Å²) in [5, 5.41) is 13.3. The monoisotopic (exact) mass is 360 g/mol. The summed E-state index contributed by atoms with van der Waals surface area (Å²) in [5.41, 5.74) is 3.05. The van der Waals surface area contributed by atoms with Crippen molar-refractivity contribution in [3.8, 4) is 0 Å². The lowest BCUT2D eigenvalue weighted by Crippen LogP contribution is -2.27. The third-order valence-electron chi connectivity index (χ3n) is 3.79. The van der Waals surface area contributed by atoms with Crippen LogP contribution in [-0.2, 0) is 17.8 Å². The van der Waals surface area contributed by atoms with Gasteiger partial charge in [0.05, 0.1) is 24.0 Å². The first-order chi connectivity index (χ1) is 12.1. The molecular weight excluding hydrogens is 344 g/mol. The first-order valence-electron chi connectivity index (χ1n) is 7.73. The lowest BCUT2D eigenvalue weighted by Gasteiger charge is -2.13. The number of carbonyl (C=O) groups excluding carboxylic acids is 1. The number of furan rings is 1. The SMILES string of the molecule is C[C@H](Cc1nc(NCc2ccco2)nc2ccc(Cl)cc12)C(=O)NO. The number of hydrogen-bond acceptors (Lipinski definition) is 6. The van der Waals surface area contributed by atoms with Gasteiger partial charge in [0, 0.05) is 22.7 Å². The van der Waals surface area contributed by atoms with E-state index in [1.165, 1.54) is 0 Å². The smallest absolute Gasteiger partial charge is 0.246 e. The zero-order valence-electron chi connectivity index (χ0n) is 13.5. The van der Waals surface area contributed by atoms with Gasteiger partial charge < -0.3 is 9.73 Å². The van der Waals surface area contributed by atoms with Crippen LogP contribution in [0.15, 0.2) is 41.0 Å². The number of anilines is 1. The molecular formula is C17H17ClN4O3. The molecule has 0 saturated heterocycles. The summed E-state index contributed by atoms with van der Waals surface area (Å²) < 4.78 is 5.28. The van der Waals surface area contributed by atoms with Crippen molar-refractivity contribution in [3.63, 3.8) is 0 Å². The zero-order valence-corrected chi connectivity index (χ0v) is 14.2. The molecule has 25 heavy (non-hydrogen) atoms. The molecule has 1 atom stereocenters. The highest BCUT2D eigenvalue weighted by Gasteiger charge is 2.17. The number of carbonyl (C=O) groups is 1. The predicted octanol–water partition coefficient (Wildman–Crippen LogP) is 3.17.